The summed E-state index contributed by atoms with van der Waals surface area (Å²) in [6.07, 6.45) is 4.81. The van der Waals surface area contributed by atoms with Crippen LogP contribution in [-0.2, 0) is 19.1 Å². The molecule has 0 spiro atoms. The van der Waals surface area contributed by atoms with E-state index in [2.05, 4.69) is 10.6 Å². The molecule has 1 heterocycles. The fourth-order valence-electron chi connectivity index (χ4n) is 4.67. The number of nitrogens with zero attached hydrogens (tertiary/aromatic N) is 1. The van der Waals surface area contributed by atoms with Gasteiger partial charge in [-0.05, 0) is 49.6 Å². The zero-order valence-electron chi connectivity index (χ0n) is 24.0. The Morgan fingerprint density at radius 1 is 0.767 bits per heavy atom. The predicted octanol–water partition coefficient (Wildman–Crippen LogP) is 2.56. The lowest BCUT2D eigenvalue weighted by Crippen LogP contribution is -2.35. The largest absolute Gasteiger partial charge is 0.465 e. The Morgan fingerprint density at radius 2 is 1.37 bits per heavy atom. The molecule has 0 radical (unpaired) electrons. The van der Waals surface area contributed by atoms with E-state index < -0.39 is 13.9 Å². The van der Waals surface area contributed by atoms with Crippen molar-refractivity contribution in [2.75, 3.05) is 26.7 Å². The van der Waals surface area contributed by atoms with Crippen molar-refractivity contribution in [3.05, 3.63) is 102 Å². The third-order valence-corrected chi connectivity index (χ3v) is 9.33. The molecule has 1 aliphatic heterocycles. The Bertz CT molecular complexity index is 1440. The Labute approximate surface area is 252 Å². The third kappa shape index (κ3) is 8.46. The monoisotopic (exact) mass is 599 g/mol. The first kappa shape index (κ1) is 31.3. The fraction of sp³-hybridized carbons (Fsp3) is 0.242. The predicted molar refractivity (Wildman–Crippen MR) is 166 cm³/mol. The summed E-state index contributed by atoms with van der Waals surface area (Å²) < 4.78 is 5.07. The molecule has 0 aromatic heterocycles. The first-order valence-corrected chi connectivity index (χ1v) is 15.4. The maximum Gasteiger partial charge on any atom is 0.338 e. The smallest absolute Gasteiger partial charge is 0.338 e. The summed E-state index contributed by atoms with van der Waals surface area (Å²) in [7, 11) is 0.174. The van der Waals surface area contributed by atoms with E-state index in [4.69, 9.17) is 4.74 Å². The summed E-state index contributed by atoms with van der Waals surface area (Å²) in [5, 5.41) is 8.42. The number of carbonyl (C=O) groups excluding carboxylic acids is 5. The molecule has 0 saturated carbocycles. The summed E-state index contributed by atoms with van der Waals surface area (Å²) in [6.45, 7) is 0.844. The second-order valence-electron chi connectivity index (χ2n) is 9.81. The minimum Gasteiger partial charge on any atom is -0.465 e. The Morgan fingerprint density at radius 3 is 1.98 bits per heavy atom. The van der Waals surface area contributed by atoms with E-state index in [0.29, 0.717) is 43.4 Å². The number of ether oxygens (including phenoxy) is 1. The van der Waals surface area contributed by atoms with Crippen LogP contribution in [0.15, 0.2) is 91.0 Å². The first-order valence-electron chi connectivity index (χ1n) is 14.1. The molecule has 4 rings (SSSR count). The van der Waals surface area contributed by atoms with Gasteiger partial charge in [0, 0.05) is 49.1 Å². The van der Waals surface area contributed by atoms with Crippen LogP contribution in [0.3, 0.4) is 0 Å². The molecule has 4 amide bonds. The topological polar surface area (TPSA) is 122 Å². The van der Waals surface area contributed by atoms with E-state index in [9.17, 15) is 24.0 Å². The van der Waals surface area contributed by atoms with E-state index in [0.717, 1.165) is 15.9 Å². The number of unbranched alkanes of at least 4 members (excludes halogenated alkanes) is 2. The van der Waals surface area contributed by atoms with Gasteiger partial charge in [-0.2, -0.15) is 0 Å². The molecular weight excluding hydrogens is 565 g/mol. The van der Waals surface area contributed by atoms with Gasteiger partial charge in [0.05, 0.1) is 12.7 Å². The van der Waals surface area contributed by atoms with Crippen molar-refractivity contribution in [3.8, 4) is 0 Å². The van der Waals surface area contributed by atoms with Gasteiger partial charge in [-0.1, -0.05) is 67.1 Å². The van der Waals surface area contributed by atoms with Crippen molar-refractivity contribution in [3.63, 3.8) is 0 Å². The average Bonchev–Trinajstić information content (AvgIpc) is 3.36. The number of amides is 4. The van der Waals surface area contributed by atoms with E-state index in [1.165, 1.54) is 24.2 Å². The third-order valence-electron chi connectivity index (χ3n) is 6.85. The summed E-state index contributed by atoms with van der Waals surface area (Å²) in [5.74, 6) is -1.52. The normalized spacial score (nSPS) is 12.5. The number of esters is 1. The molecule has 222 valence electrons. The molecule has 0 saturated heterocycles. The molecule has 3 aromatic rings. The summed E-state index contributed by atoms with van der Waals surface area (Å²) in [5.41, 5.74) is 0.805. The van der Waals surface area contributed by atoms with Gasteiger partial charge in [-0.15, -0.1) is 0 Å². The standard InChI is InChI=1S/C33H34N3O6P/c1-42-33(41)27-17-16-24(23-28(27)43(25-11-5-2-6-12-25)26-13-7-3-8-14-26)32(40)35-21-20-34-29(37)15-9-4-10-22-36-30(38)18-19-31(36)39/h2-3,5-8,11-14,16-19,23H,4,9-10,15,20-22H2,1H3,(H,34,37)(H,35,40). The highest BCUT2D eigenvalue weighted by Gasteiger charge is 2.25. The van der Waals surface area contributed by atoms with Crippen molar-refractivity contribution >= 4 is 53.4 Å². The van der Waals surface area contributed by atoms with Gasteiger partial charge in [0.2, 0.25) is 5.91 Å². The zero-order valence-corrected chi connectivity index (χ0v) is 24.8. The maximum absolute atomic E-state index is 13.1. The van der Waals surface area contributed by atoms with Crippen LogP contribution in [0.4, 0.5) is 0 Å². The van der Waals surface area contributed by atoms with Crippen LogP contribution in [0.5, 0.6) is 0 Å². The molecule has 2 N–H and O–H groups in total. The second-order valence-corrected chi connectivity index (χ2v) is 12.0. The van der Waals surface area contributed by atoms with Gasteiger partial charge in [0.1, 0.15) is 0 Å². The number of methoxy groups -OCH3 is 1. The SMILES string of the molecule is COC(=O)c1ccc(C(=O)NCCNC(=O)CCCCCN2C(=O)C=CC2=O)cc1P(c1ccccc1)c1ccccc1. The highest BCUT2D eigenvalue weighted by atomic mass is 31.1. The van der Waals surface area contributed by atoms with Gasteiger partial charge >= 0.3 is 5.97 Å². The van der Waals surface area contributed by atoms with Crippen molar-refractivity contribution in [2.45, 2.75) is 25.7 Å². The number of carbonyl (C=O) groups is 5. The van der Waals surface area contributed by atoms with E-state index in [1.54, 1.807) is 18.2 Å². The van der Waals surface area contributed by atoms with E-state index in [1.807, 2.05) is 60.7 Å². The summed E-state index contributed by atoms with van der Waals surface area (Å²) >= 11 is 0. The Hall–Kier alpha value is -4.62. The number of benzene rings is 3. The van der Waals surface area contributed by atoms with Crippen LogP contribution in [0, 0.1) is 0 Å². The molecule has 0 atom stereocenters. The van der Waals surface area contributed by atoms with Crippen molar-refractivity contribution < 1.29 is 28.7 Å². The molecule has 3 aromatic carbocycles. The first-order chi connectivity index (χ1) is 20.9. The molecule has 0 bridgehead atoms. The zero-order chi connectivity index (χ0) is 30.6. The van der Waals surface area contributed by atoms with Crippen LogP contribution in [-0.4, -0.2) is 61.2 Å². The molecule has 1 aliphatic rings. The Kier molecular flexibility index (Phi) is 11.3. The van der Waals surface area contributed by atoms with Gasteiger partial charge in [-0.25, -0.2) is 4.79 Å². The van der Waals surface area contributed by atoms with Gasteiger partial charge < -0.3 is 15.4 Å². The van der Waals surface area contributed by atoms with Gasteiger partial charge in [0.15, 0.2) is 0 Å². The molecule has 0 aliphatic carbocycles. The van der Waals surface area contributed by atoms with Crippen LogP contribution in [0.2, 0.25) is 0 Å². The van der Waals surface area contributed by atoms with Crippen molar-refractivity contribution in [1.29, 1.82) is 0 Å². The second kappa shape index (κ2) is 15.6. The number of nitrogens with one attached hydrogen (secondary N) is 2. The van der Waals surface area contributed by atoms with E-state index >= 15 is 0 Å². The van der Waals surface area contributed by atoms with Gasteiger partial charge in [0.25, 0.3) is 17.7 Å². The average molecular weight is 600 g/mol. The molecule has 0 fully saturated rings. The quantitative estimate of drug-likeness (QED) is 0.127. The molecule has 9 nitrogen and oxygen atoms in total. The van der Waals surface area contributed by atoms with Gasteiger partial charge in [-0.3, -0.25) is 24.1 Å². The molecule has 0 unspecified atom stereocenters. The van der Waals surface area contributed by atoms with E-state index in [-0.39, 0.29) is 36.7 Å². The number of hydrogen-bond acceptors (Lipinski definition) is 6. The lowest BCUT2D eigenvalue weighted by molar-refractivity contribution is -0.137. The number of imide groups is 1. The maximum atomic E-state index is 13.1. The minimum absolute atomic E-state index is 0.134. The highest BCUT2D eigenvalue weighted by Crippen LogP contribution is 2.34. The lowest BCUT2D eigenvalue weighted by atomic mass is 10.1. The molecular formula is C33H34N3O6P. The lowest BCUT2D eigenvalue weighted by Gasteiger charge is -2.22. The van der Waals surface area contributed by atoms with Crippen molar-refractivity contribution in [1.82, 2.24) is 15.5 Å². The van der Waals surface area contributed by atoms with Crippen LogP contribution in [0.25, 0.3) is 0 Å². The minimum atomic E-state index is -1.16. The Balaban J connectivity index is 1.33. The fourth-order valence-corrected chi connectivity index (χ4v) is 7.14. The number of hydrogen-bond donors (Lipinski definition) is 2. The highest BCUT2D eigenvalue weighted by molar-refractivity contribution is 7.80. The van der Waals surface area contributed by atoms with Crippen LogP contribution >= 0.6 is 7.92 Å². The summed E-state index contributed by atoms with van der Waals surface area (Å²) in [6, 6.07) is 24.7. The van der Waals surface area contributed by atoms with Crippen LogP contribution in [0.1, 0.15) is 46.4 Å². The molecule has 10 heteroatoms. The van der Waals surface area contributed by atoms with Crippen molar-refractivity contribution in [2.24, 2.45) is 0 Å². The summed E-state index contributed by atoms with van der Waals surface area (Å²) in [4.78, 5) is 62.4. The molecule has 43 heavy (non-hydrogen) atoms. The van der Waals surface area contributed by atoms with Crippen LogP contribution < -0.4 is 26.5 Å². The number of rotatable bonds is 14.